The number of amides is 1. The smallest absolute Gasteiger partial charge is 0.328 e. The number of para-hydroxylation sites is 1. The van der Waals surface area contributed by atoms with E-state index in [0.29, 0.717) is 30.3 Å². The molecule has 1 aromatic carbocycles. The summed E-state index contributed by atoms with van der Waals surface area (Å²) in [7, 11) is 0. The number of hydrogen-bond acceptors (Lipinski definition) is 5. The number of fused-ring (bicyclic) bond motifs is 1. The molecule has 1 N–H and O–H groups in total. The molecule has 0 aromatic heterocycles. The summed E-state index contributed by atoms with van der Waals surface area (Å²) >= 11 is 0. The number of carboxylic acid groups (broad SMARTS) is 1. The Hall–Kier alpha value is -2.54. The molecular formula is C17H19NO6. The topological polar surface area (TPSA) is 85.3 Å². The van der Waals surface area contributed by atoms with Gasteiger partial charge in [0.1, 0.15) is 6.61 Å². The number of carbonyl (C=O) groups is 2. The minimum absolute atomic E-state index is 0.000283. The zero-order valence-electron chi connectivity index (χ0n) is 13.4. The maximum Gasteiger partial charge on any atom is 0.328 e. The summed E-state index contributed by atoms with van der Waals surface area (Å²) in [5.41, 5.74) is 1.17. The van der Waals surface area contributed by atoms with Gasteiger partial charge in [-0.15, -0.1) is 0 Å². The molecule has 1 saturated heterocycles. The Bertz CT molecular complexity index is 684. The monoisotopic (exact) mass is 333 g/mol. The van der Waals surface area contributed by atoms with Gasteiger partial charge >= 0.3 is 5.97 Å². The minimum Gasteiger partial charge on any atom is -0.490 e. The molecule has 0 unspecified atom stereocenters. The van der Waals surface area contributed by atoms with Crippen LogP contribution in [0.4, 0.5) is 0 Å². The lowest BCUT2D eigenvalue weighted by Gasteiger charge is -2.34. The molecule has 24 heavy (non-hydrogen) atoms. The largest absolute Gasteiger partial charge is 0.490 e. The zero-order chi connectivity index (χ0) is 17.1. The normalized spacial score (nSPS) is 19.8. The molecule has 2 heterocycles. The van der Waals surface area contributed by atoms with Crippen LogP contribution < -0.4 is 9.47 Å². The fourth-order valence-corrected chi connectivity index (χ4v) is 2.81. The summed E-state index contributed by atoms with van der Waals surface area (Å²) in [4.78, 5) is 25.4. The number of benzene rings is 1. The summed E-state index contributed by atoms with van der Waals surface area (Å²) in [5, 5.41) is 9.27. The summed E-state index contributed by atoms with van der Waals surface area (Å²) in [6, 6.07) is 4.50. The van der Waals surface area contributed by atoms with E-state index in [2.05, 4.69) is 0 Å². The maximum atomic E-state index is 12.7. The van der Waals surface area contributed by atoms with Gasteiger partial charge < -0.3 is 24.2 Å². The SMILES string of the molecule is CCOc1cccc2c1OCC(C(=O)N1CCOC[C@H]1C(=O)O)=C2. The average Bonchev–Trinajstić information content (AvgIpc) is 2.61. The molecule has 128 valence electrons. The van der Waals surface area contributed by atoms with Gasteiger partial charge in [-0.3, -0.25) is 4.79 Å². The molecule has 2 aliphatic rings. The van der Waals surface area contributed by atoms with Crippen molar-refractivity contribution < 1.29 is 28.9 Å². The van der Waals surface area contributed by atoms with Crippen molar-refractivity contribution in [1.29, 1.82) is 0 Å². The lowest BCUT2D eigenvalue weighted by molar-refractivity contribution is -0.156. The lowest BCUT2D eigenvalue weighted by Crippen LogP contribution is -2.53. The second-order valence-electron chi connectivity index (χ2n) is 5.49. The van der Waals surface area contributed by atoms with Gasteiger partial charge in [0.2, 0.25) is 0 Å². The molecule has 3 rings (SSSR count). The number of nitrogens with zero attached hydrogens (tertiary/aromatic N) is 1. The van der Waals surface area contributed by atoms with Crippen molar-refractivity contribution in [2.24, 2.45) is 0 Å². The molecule has 7 heteroatoms. The van der Waals surface area contributed by atoms with Gasteiger partial charge in [0, 0.05) is 12.1 Å². The van der Waals surface area contributed by atoms with Crippen LogP contribution in [0.15, 0.2) is 23.8 Å². The van der Waals surface area contributed by atoms with Crippen LogP contribution >= 0.6 is 0 Å². The predicted octanol–water partition coefficient (Wildman–Crippen LogP) is 1.17. The van der Waals surface area contributed by atoms with E-state index in [0.717, 1.165) is 5.56 Å². The van der Waals surface area contributed by atoms with Crippen molar-refractivity contribution >= 4 is 18.0 Å². The second kappa shape index (κ2) is 6.92. The first-order valence-corrected chi connectivity index (χ1v) is 7.82. The standard InChI is InChI=1S/C17H19NO6/c1-2-23-14-5-3-4-11-8-12(9-24-15(11)14)16(19)18-6-7-22-10-13(18)17(20)21/h3-5,8,13H,2,6-7,9-10H2,1H3,(H,20,21)/t13-/m0/s1. The van der Waals surface area contributed by atoms with Crippen molar-refractivity contribution in [3.8, 4) is 11.5 Å². The molecule has 0 spiro atoms. The highest BCUT2D eigenvalue weighted by Crippen LogP contribution is 2.36. The van der Waals surface area contributed by atoms with Gasteiger partial charge in [-0.1, -0.05) is 12.1 Å². The number of hydrogen-bond donors (Lipinski definition) is 1. The third kappa shape index (κ3) is 3.07. The van der Waals surface area contributed by atoms with Crippen LogP contribution in [0.2, 0.25) is 0 Å². The Morgan fingerprint density at radius 2 is 2.25 bits per heavy atom. The van der Waals surface area contributed by atoms with E-state index >= 15 is 0 Å². The van der Waals surface area contributed by atoms with Gasteiger partial charge in [-0.2, -0.15) is 0 Å². The van der Waals surface area contributed by atoms with Crippen molar-refractivity contribution in [2.45, 2.75) is 13.0 Å². The first-order valence-electron chi connectivity index (χ1n) is 7.82. The first-order chi connectivity index (χ1) is 11.6. The van der Waals surface area contributed by atoms with Crippen LogP contribution in [0.1, 0.15) is 12.5 Å². The molecule has 0 aliphatic carbocycles. The van der Waals surface area contributed by atoms with Crippen LogP contribution in [0, 0.1) is 0 Å². The molecule has 0 bridgehead atoms. The average molecular weight is 333 g/mol. The van der Waals surface area contributed by atoms with E-state index in [-0.39, 0.29) is 25.7 Å². The van der Waals surface area contributed by atoms with Crippen LogP contribution in [-0.2, 0) is 14.3 Å². The summed E-state index contributed by atoms with van der Waals surface area (Å²) in [6.07, 6.45) is 1.73. The number of aliphatic carboxylic acids is 1. The van der Waals surface area contributed by atoms with Gasteiger partial charge in [0.05, 0.1) is 25.4 Å². The highest BCUT2D eigenvalue weighted by atomic mass is 16.5. The lowest BCUT2D eigenvalue weighted by atomic mass is 10.0. The molecular weight excluding hydrogens is 314 g/mol. The van der Waals surface area contributed by atoms with E-state index in [1.165, 1.54) is 4.90 Å². The maximum absolute atomic E-state index is 12.7. The molecule has 0 saturated carbocycles. The molecule has 1 atom stereocenters. The molecule has 0 radical (unpaired) electrons. The van der Waals surface area contributed by atoms with Gasteiger partial charge in [-0.25, -0.2) is 4.79 Å². The first kappa shape index (κ1) is 16.3. The summed E-state index contributed by atoms with van der Waals surface area (Å²) < 4.78 is 16.4. The summed E-state index contributed by atoms with van der Waals surface area (Å²) in [6.45, 7) is 3.06. The van der Waals surface area contributed by atoms with E-state index < -0.39 is 12.0 Å². The van der Waals surface area contributed by atoms with Crippen LogP contribution in [0.3, 0.4) is 0 Å². The fraction of sp³-hybridized carbons (Fsp3) is 0.412. The Morgan fingerprint density at radius 3 is 3.00 bits per heavy atom. The number of carbonyl (C=O) groups excluding carboxylic acids is 1. The van der Waals surface area contributed by atoms with Gasteiger partial charge in [0.25, 0.3) is 5.91 Å². The van der Waals surface area contributed by atoms with Crippen LogP contribution in [-0.4, -0.2) is 60.9 Å². The van der Waals surface area contributed by atoms with Crippen molar-refractivity contribution in [3.05, 3.63) is 29.3 Å². The van der Waals surface area contributed by atoms with Crippen molar-refractivity contribution in [3.63, 3.8) is 0 Å². The highest BCUT2D eigenvalue weighted by molar-refractivity contribution is 6.01. The molecule has 1 aromatic rings. The van der Waals surface area contributed by atoms with E-state index in [4.69, 9.17) is 14.2 Å². The van der Waals surface area contributed by atoms with Crippen LogP contribution in [0.25, 0.3) is 6.08 Å². The zero-order valence-corrected chi connectivity index (χ0v) is 13.4. The predicted molar refractivity (Wildman–Crippen MR) is 85.0 cm³/mol. The Balaban J connectivity index is 1.86. The van der Waals surface area contributed by atoms with E-state index in [9.17, 15) is 14.7 Å². The highest BCUT2D eigenvalue weighted by Gasteiger charge is 2.35. The number of morpholine rings is 1. The van der Waals surface area contributed by atoms with Gasteiger partial charge in [-0.05, 0) is 19.1 Å². The molecule has 1 fully saturated rings. The molecule has 7 nitrogen and oxygen atoms in total. The van der Waals surface area contributed by atoms with Crippen molar-refractivity contribution in [2.75, 3.05) is 33.0 Å². The number of rotatable bonds is 4. The van der Waals surface area contributed by atoms with Crippen molar-refractivity contribution in [1.82, 2.24) is 4.90 Å². The third-order valence-corrected chi connectivity index (χ3v) is 3.96. The second-order valence-corrected chi connectivity index (χ2v) is 5.49. The van der Waals surface area contributed by atoms with Gasteiger partial charge in [0.15, 0.2) is 17.5 Å². The fourth-order valence-electron chi connectivity index (χ4n) is 2.81. The Kier molecular flexibility index (Phi) is 4.71. The van der Waals surface area contributed by atoms with E-state index in [1.807, 2.05) is 25.1 Å². The molecule has 1 amide bonds. The third-order valence-electron chi connectivity index (χ3n) is 3.96. The number of carboxylic acids is 1. The Labute approximate surface area is 139 Å². The quantitative estimate of drug-likeness (QED) is 0.890. The Morgan fingerprint density at radius 1 is 1.42 bits per heavy atom. The number of ether oxygens (including phenoxy) is 3. The minimum atomic E-state index is -1.07. The van der Waals surface area contributed by atoms with E-state index in [1.54, 1.807) is 6.08 Å². The van der Waals surface area contributed by atoms with Crippen LogP contribution in [0.5, 0.6) is 11.5 Å². The molecule has 2 aliphatic heterocycles. The summed E-state index contributed by atoms with van der Waals surface area (Å²) in [5.74, 6) is -0.169.